The summed E-state index contributed by atoms with van der Waals surface area (Å²) in [6, 6.07) is 10.6. The van der Waals surface area contributed by atoms with Crippen LogP contribution in [0.5, 0.6) is 0 Å². The van der Waals surface area contributed by atoms with E-state index in [4.69, 9.17) is 5.73 Å². The molecule has 2 N–H and O–H groups in total. The molecule has 0 bridgehead atoms. The first-order chi connectivity index (χ1) is 10.1. The monoisotopic (exact) mass is 289 g/mol. The Balaban J connectivity index is 1.96. The summed E-state index contributed by atoms with van der Waals surface area (Å²) < 4.78 is 0. The largest absolute Gasteiger partial charge is 0.340 e. The van der Waals surface area contributed by atoms with Gasteiger partial charge in [-0.25, -0.2) is 0 Å². The van der Waals surface area contributed by atoms with Crippen molar-refractivity contribution in [3.63, 3.8) is 0 Å². The van der Waals surface area contributed by atoms with Crippen molar-refractivity contribution >= 4 is 5.91 Å². The Bertz CT molecular complexity index is 447. The number of likely N-dealkylation sites (tertiary alicyclic amines) is 1. The van der Waals surface area contributed by atoms with E-state index in [2.05, 4.69) is 29.2 Å². The van der Waals surface area contributed by atoms with Gasteiger partial charge in [0.25, 0.3) is 0 Å². The van der Waals surface area contributed by atoms with Gasteiger partial charge in [-0.15, -0.1) is 0 Å². The molecule has 21 heavy (non-hydrogen) atoms. The Morgan fingerprint density at radius 1 is 1.43 bits per heavy atom. The Morgan fingerprint density at radius 2 is 2.14 bits per heavy atom. The van der Waals surface area contributed by atoms with Gasteiger partial charge in [-0.3, -0.25) is 9.69 Å². The number of hydrogen-bond acceptors (Lipinski definition) is 3. The van der Waals surface area contributed by atoms with E-state index in [0.29, 0.717) is 6.04 Å². The van der Waals surface area contributed by atoms with Crippen LogP contribution in [-0.4, -0.2) is 47.4 Å². The summed E-state index contributed by atoms with van der Waals surface area (Å²) in [6.45, 7) is 7.40. The smallest absolute Gasteiger partial charge is 0.239 e. The number of carbonyl (C=O) groups is 1. The number of likely N-dealkylation sites (N-methyl/N-ethyl adjacent to an activating group) is 1. The highest BCUT2D eigenvalue weighted by Gasteiger charge is 2.28. The van der Waals surface area contributed by atoms with Gasteiger partial charge in [0.05, 0.1) is 6.04 Å². The molecule has 0 aromatic heterocycles. The normalized spacial score (nSPS) is 20.4. The molecule has 0 saturated carbocycles. The molecule has 116 valence electrons. The number of nitrogens with two attached hydrogens (primary N) is 1. The lowest BCUT2D eigenvalue weighted by molar-refractivity contribution is -0.132. The molecule has 1 amide bonds. The molecular formula is C17H27N3O. The molecular weight excluding hydrogens is 262 g/mol. The first-order valence-electron chi connectivity index (χ1n) is 7.94. The minimum atomic E-state index is -0.408. The second kappa shape index (κ2) is 7.57. The minimum Gasteiger partial charge on any atom is -0.340 e. The maximum absolute atomic E-state index is 12.1. The summed E-state index contributed by atoms with van der Waals surface area (Å²) in [7, 11) is 0. The molecule has 1 heterocycles. The van der Waals surface area contributed by atoms with Gasteiger partial charge < -0.3 is 10.6 Å². The highest BCUT2D eigenvalue weighted by atomic mass is 16.2. The third-order valence-corrected chi connectivity index (χ3v) is 4.24. The number of benzene rings is 1. The van der Waals surface area contributed by atoms with Crippen molar-refractivity contribution in [2.45, 2.75) is 45.3 Å². The van der Waals surface area contributed by atoms with E-state index in [1.807, 2.05) is 17.9 Å². The van der Waals surface area contributed by atoms with Gasteiger partial charge in [0.2, 0.25) is 5.91 Å². The van der Waals surface area contributed by atoms with Crippen LogP contribution in [0.25, 0.3) is 0 Å². The van der Waals surface area contributed by atoms with E-state index >= 15 is 0 Å². The standard InChI is InChI=1S/C17H27N3O/c1-3-19(17(21)14(2)18)13-16-10-7-11-20(16)12-15-8-5-4-6-9-15/h4-6,8-9,14,16H,3,7,10-13,18H2,1-2H3/t14-,16-/m0/s1. The van der Waals surface area contributed by atoms with E-state index in [-0.39, 0.29) is 5.91 Å². The fourth-order valence-corrected chi connectivity index (χ4v) is 3.05. The third kappa shape index (κ3) is 4.29. The minimum absolute atomic E-state index is 0.0593. The molecule has 0 radical (unpaired) electrons. The predicted octanol–water partition coefficient (Wildman–Crippen LogP) is 1.85. The van der Waals surface area contributed by atoms with Crippen molar-refractivity contribution in [1.82, 2.24) is 9.80 Å². The van der Waals surface area contributed by atoms with E-state index < -0.39 is 6.04 Å². The lowest BCUT2D eigenvalue weighted by Crippen LogP contribution is -2.47. The zero-order chi connectivity index (χ0) is 15.2. The maximum Gasteiger partial charge on any atom is 0.239 e. The topological polar surface area (TPSA) is 49.6 Å². The van der Waals surface area contributed by atoms with Gasteiger partial charge in [-0.05, 0) is 38.8 Å². The number of amides is 1. The summed E-state index contributed by atoms with van der Waals surface area (Å²) in [4.78, 5) is 16.5. The Hall–Kier alpha value is -1.39. The van der Waals surface area contributed by atoms with Crippen LogP contribution in [0.3, 0.4) is 0 Å². The van der Waals surface area contributed by atoms with E-state index in [9.17, 15) is 4.79 Å². The predicted molar refractivity (Wildman–Crippen MR) is 85.8 cm³/mol. The second-order valence-electron chi connectivity index (χ2n) is 5.92. The van der Waals surface area contributed by atoms with Gasteiger partial charge in [0.1, 0.15) is 0 Å². The van der Waals surface area contributed by atoms with Crippen LogP contribution in [0.15, 0.2) is 30.3 Å². The molecule has 0 aliphatic carbocycles. The average Bonchev–Trinajstić information content (AvgIpc) is 2.92. The second-order valence-corrected chi connectivity index (χ2v) is 5.92. The van der Waals surface area contributed by atoms with Crippen LogP contribution in [0.1, 0.15) is 32.3 Å². The highest BCUT2D eigenvalue weighted by Crippen LogP contribution is 2.21. The van der Waals surface area contributed by atoms with Crippen molar-refractivity contribution in [1.29, 1.82) is 0 Å². The van der Waals surface area contributed by atoms with Gasteiger partial charge in [-0.1, -0.05) is 30.3 Å². The van der Waals surface area contributed by atoms with Crippen LogP contribution in [-0.2, 0) is 11.3 Å². The lowest BCUT2D eigenvalue weighted by Gasteiger charge is -2.31. The average molecular weight is 289 g/mol. The molecule has 1 aliphatic heterocycles. The SMILES string of the molecule is CCN(C[C@@H]1CCCN1Cc1ccccc1)C(=O)[C@H](C)N. The molecule has 1 aliphatic rings. The zero-order valence-corrected chi connectivity index (χ0v) is 13.2. The fraction of sp³-hybridized carbons (Fsp3) is 0.588. The Morgan fingerprint density at radius 3 is 2.76 bits per heavy atom. The van der Waals surface area contributed by atoms with Gasteiger partial charge >= 0.3 is 0 Å². The van der Waals surface area contributed by atoms with Gasteiger partial charge in [0, 0.05) is 25.7 Å². The van der Waals surface area contributed by atoms with Gasteiger partial charge in [-0.2, -0.15) is 0 Å². The van der Waals surface area contributed by atoms with Crippen LogP contribution >= 0.6 is 0 Å². The van der Waals surface area contributed by atoms with Crippen molar-refractivity contribution < 1.29 is 4.79 Å². The summed E-state index contributed by atoms with van der Waals surface area (Å²) in [5.41, 5.74) is 7.08. The van der Waals surface area contributed by atoms with Crippen LogP contribution < -0.4 is 5.73 Å². The Labute approximate surface area is 127 Å². The molecule has 1 aromatic rings. The molecule has 4 heteroatoms. The molecule has 1 fully saturated rings. The van der Waals surface area contributed by atoms with Crippen LogP contribution in [0.2, 0.25) is 0 Å². The number of carbonyl (C=O) groups excluding carboxylic acids is 1. The van der Waals surface area contributed by atoms with E-state index in [0.717, 1.165) is 32.6 Å². The van der Waals surface area contributed by atoms with Crippen LogP contribution in [0.4, 0.5) is 0 Å². The number of rotatable bonds is 6. The molecule has 4 nitrogen and oxygen atoms in total. The number of hydrogen-bond donors (Lipinski definition) is 1. The first kappa shape index (κ1) is 16.0. The van der Waals surface area contributed by atoms with Gasteiger partial charge in [0.15, 0.2) is 0 Å². The van der Waals surface area contributed by atoms with E-state index in [1.54, 1.807) is 6.92 Å². The molecule has 0 spiro atoms. The molecule has 1 aromatic carbocycles. The summed E-state index contributed by atoms with van der Waals surface area (Å²) in [5.74, 6) is 0.0593. The van der Waals surface area contributed by atoms with E-state index in [1.165, 1.54) is 12.0 Å². The van der Waals surface area contributed by atoms with Crippen molar-refractivity contribution in [2.75, 3.05) is 19.6 Å². The van der Waals surface area contributed by atoms with Crippen molar-refractivity contribution in [2.24, 2.45) is 5.73 Å². The number of nitrogens with zero attached hydrogens (tertiary/aromatic N) is 2. The summed E-state index contributed by atoms with van der Waals surface area (Å²) >= 11 is 0. The van der Waals surface area contributed by atoms with Crippen molar-refractivity contribution in [3.05, 3.63) is 35.9 Å². The fourth-order valence-electron chi connectivity index (χ4n) is 3.05. The summed E-state index contributed by atoms with van der Waals surface area (Å²) in [5, 5.41) is 0. The zero-order valence-electron chi connectivity index (χ0n) is 13.2. The van der Waals surface area contributed by atoms with Crippen molar-refractivity contribution in [3.8, 4) is 0 Å². The first-order valence-corrected chi connectivity index (χ1v) is 7.94. The molecule has 1 saturated heterocycles. The third-order valence-electron chi connectivity index (χ3n) is 4.24. The molecule has 0 unspecified atom stereocenters. The quantitative estimate of drug-likeness (QED) is 0.869. The highest BCUT2D eigenvalue weighted by molar-refractivity contribution is 5.81. The molecule has 2 atom stereocenters. The lowest BCUT2D eigenvalue weighted by atomic mass is 10.1. The maximum atomic E-state index is 12.1. The van der Waals surface area contributed by atoms with Crippen LogP contribution in [0, 0.1) is 0 Å². The molecule has 2 rings (SSSR count). The summed E-state index contributed by atoms with van der Waals surface area (Å²) in [6.07, 6.45) is 2.37. The Kier molecular flexibility index (Phi) is 5.76.